The molecule has 10 heteroatoms. The van der Waals surface area contributed by atoms with Crippen LogP contribution in [0, 0.1) is 0 Å². The van der Waals surface area contributed by atoms with Gasteiger partial charge in [-0.25, -0.2) is 18.0 Å². The summed E-state index contributed by atoms with van der Waals surface area (Å²) in [7, 11) is -3.70. The van der Waals surface area contributed by atoms with Crippen LogP contribution in [0.2, 0.25) is 0 Å². The van der Waals surface area contributed by atoms with E-state index >= 15 is 0 Å². The Balaban J connectivity index is 1.42. The lowest BCUT2D eigenvalue weighted by atomic mass is 9.97. The molecule has 0 bridgehead atoms. The van der Waals surface area contributed by atoms with E-state index in [1.165, 1.54) is 0 Å². The summed E-state index contributed by atoms with van der Waals surface area (Å²) in [5.74, 6) is 0. The van der Waals surface area contributed by atoms with E-state index < -0.39 is 21.3 Å². The van der Waals surface area contributed by atoms with Gasteiger partial charge in [0.2, 0.25) is 10.0 Å². The number of likely N-dealkylation sites (tertiary alicyclic amines) is 2. The molecule has 2 saturated heterocycles. The van der Waals surface area contributed by atoms with Gasteiger partial charge in [0.15, 0.2) is 0 Å². The highest BCUT2D eigenvalue weighted by Crippen LogP contribution is 2.29. The van der Waals surface area contributed by atoms with Gasteiger partial charge in [-0.2, -0.15) is 3.97 Å². The van der Waals surface area contributed by atoms with E-state index in [9.17, 15) is 18.0 Å². The van der Waals surface area contributed by atoms with E-state index in [0.717, 1.165) is 49.0 Å². The summed E-state index contributed by atoms with van der Waals surface area (Å²) in [4.78, 5) is 29.7. The molecule has 0 spiro atoms. The molecule has 1 amide bonds. The van der Waals surface area contributed by atoms with Gasteiger partial charge in [-0.1, -0.05) is 12.1 Å². The molecule has 0 radical (unpaired) electrons. The number of para-hydroxylation sites is 2. The third-order valence-corrected chi connectivity index (χ3v) is 7.58. The molecule has 0 aliphatic carbocycles. The van der Waals surface area contributed by atoms with E-state index in [-0.39, 0.29) is 12.1 Å². The fourth-order valence-electron chi connectivity index (χ4n) is 5.07. The predicted octanol–water partition coefficient (Wildman–Crippen LogP) is 2.65. The molecule has 1 aromatic carbocycles. The normalized spacial score (nSPS) is 19.8. The standard InChI is InChI=1S/C23H34N4O5S/c1-23(2,3)32-22(29)25-15-9-17(10-16-25)24-13-11-18(12-14-24)26-19-7-5-6-8-20(19)27(21(26)28)33(4,30)31/h5-8,17-18H,9-16H2,1-4H3. The number of piperidine rings is 2. The fraction of sp³-hybridized carbons (Fsp3) is 0.652. The van der Waals surface area contributed by atoms with Gasteiger partial charge in [0.05, 0.1) is 17.3 Å². The highest BCUT2D eigenvalue weighted by atomic mass is 32.2. The number of fused-ring (bicyclic) bond motifs is 1. The molecule has 0 saturated carbocycles. The summed E-state index contributed by atoms with van der Waals surface area (Å²) in [5.41, 5.74) is 0.121. The Hall–Kier alpha value is -2.33. The van der Waals surface area contributed by atoms with Gasteiger partial charge in [-0.05, 0) is 58.6 Å². The maximum absolute atomic E-state index is 13.1. The summed E-state index contributed by atoms with van der Waals surface area (Å²) in [6.07, 6.45) is 4.18. The Labute approximate surface area is 195 Å². The number of carbonyl (C=O) groups is 1. The second-order valence-electron chi connectivity index (χ2n) is 10.1. The Morgan fingerprint density at radius 2 is 1.48 bits per heavy atom. The van der Waals surface area contributed by atoms with Crippen molar-refractivity contribution in [2.24, 2.45) is 0 Å². The van der Waals surface area contributed by atoms with Crippen molar-refractivity contribution < 1.29 is 17.9 Å². The predicted molar refractivity (Wildman–Crippen MR) is 127 cm³/mol. The number of imidazole rings is 1. The minimum atomic E-state index is -3.70. The van der Waals surface area contributed by atoms with Gasteiger partial charge in [-0.15, -0.1) is 0 Å². The lowest BCUT2D eigenvalue weighted by Gasteiger charge is -2.42. The van der Waals surface area contributed by atoms with Crippen molar-refractivity contribution in [3.63, 3.8) is 0 Å². The molecule has 3 heterocycles. The smallest absolute Gasteiger partial charge is 0.410 e. The quantitative estimate of drug-likeness (QED) is 0.673. The molecular formula is C23H34N4O5S. The van der Waals surface area contributed by atoms with Crippen LogP contribution in [0.15, 0.2) is 29.1 Å². The average molecular weight is 479 g/mol. The molecule has 9 nitrogen and oxygen atoms in total. The van der Waals surface area contributed by atoms with Crippen molar-refractivity contribution >= 4 is 27.1 Å². The van der Waals surface area contributed by atoms with E-state index in [4.69, 9.17) is 4.74 Å². The number of carbonyl (C=O) groups excluding carboxylic acids is 1. The maximum Gasteiger partial charge on any atom is 0.410 e. The zero-order valence-electron chi connectivity index (χ0n) is 19.9. The fourth-order valence-corrected chi connectivity index (χ4v) is 5.95. The number of hydrogen-bond acceptors (Lipinski definition) is 6. The second-order valence-corrected chi connectivity index (χ2v) is 12.0. The monoisotopic (exact) mass is 478 g/mol. The lowest BCUT2D eigenvalue weighted by Crippen LogP contribution is -2.50. The number of benzene rings is 1. The first-order valence-electron chi connectivity index (χ1n) is 11.6. The van der Waals surface area contributed by atoms with Crippen molar-refractivity contribution in [2.45, 2.75) is 64.1 Å². The number of nitrogens with zero attached hydrogens (tertiary/aromatic N) is 4. The molecule has 2 aromatic rings. The number of hydrogen-bond donors (Lipinski definition) is 0. The number of amides is 1. The van der Waals surface area contributed by atoms with Gasteiger partial charge < -0.3 is 14.5 Å². The van der Waals surface area contributed by atoms with Crippen LogP contribution in [0.4, 0.5) is 4.79 Å². The number of rotatable bonds is 3. The first-order valence-corrected chi connectivity index (χ1v) is 13.4. The lowest BCUT2D eigenvalue weighted by molar-refractivity contribution is 0.0121. The molecule has 1 aromatic heterocycles. The van der Waals surface area contributed by atoms with Gasteiger partial charge in [0.25, 0.3) is 0 Å². The van der Waals surface area contributed by atoms with Gasteiger partial charge in [0.1, 0.15) is 5.60 Å². The molecule has 0 N–H and O–H groups in total. The molecule has 4 rings (SSSR count). The Morgan fingerprint density at radius 3 is 2.03 bits per heavy atom. The average Bonchev–Trinajstić information content (AvgIpc) is 3.05. The zero-order valence-corrected chi connectivity index (χ0v) is 20.7. The third kappa shape index (κ3) is 4.96. The summed E-state index contributed by atoms with van der Waals surface area (Å²) in [6, 6.07) is 7.44. The van der Waals surface area contributed by atoms with Crippen molar-refractivity contribution in [1.29, 1.82) is 0 Å². The van der Waals surface area contributed by atoms with Gasteiger partial charge in [-0.3, -0.25) is 4.57 Å². The Morgan fingerprint density at radius 1 is 0.939 bits per heavy atom. The second kappa shape index (κ2) is 8.79. The molecule has 2 aliphatic heterocycles. The minimum absolute atomic E-state index is 0.0384. The maximum atomic E-state index is 13.1. The molecule has 2 fully saturated rings. The summed E-state index contributed by atoms with van der Waals surface area (Å²) >= 11 is 0. The van der Waals surface area contributed by atoms with E-state index in [0.29, 0.717) is 30.2 Å². The van der Waals surface area contributed by atoms with Crippen LogP contribution >= 0.6 is 0 Å². The SMILES string of the molecule is CC(C)(C)OC(=O)N1CCC(N2CCC(n3c(=O)n(S(C)(=O)=O)c4ccccc43)CC2)CC1. The van der Waals surface area contributed by atoms with E-state index in [1.54, 1.807) is 21.6 Å². The van der Waals surface area contributed by atoms with Gasteiger partial charge in [0, 0.05) is 38.3 Å². The van der Waals surface area contributed by atoms with Crippen LogP contribution in [0.25, 0.3) is 11.0 Å². The highest BCUT2D eigenvalue weighted by molar-refractivity contribution is 7.89. The zero-order chi connectivity index (χ0) is 24.0. The molecule has 33 heavy (non-hydrogen) atoms. The van der Waals surface area contributed by atoms with Crippen LogP contribution in [0.3, 0.4) is 0 Å². The third-order valence-electron chi connectivity index (χ3n) is 6.57. The minimum Gasteiger partial charge on any atom is -0.444 e. The summed E-state index contributed by atoms with van der Waals surface area (Å²) in [6.45, 7) is 8.67. The van der Waals surface area contributed by atoms with Crippen molar-refractivity contribution in [3.05, 3.63) is 34.7 Å². The molecule has 0 unspecified atom stereocenters. The largest absolute Gasteiger partial charge is 0.444 e. The number of ether oxygens (including phenoxy) is 1. The first kappa shape index (κ1) is 23.8. The first-order chi connectivity index (χ1) is 15.5. The number of aromatic nitrogens is 2. The van der Waals surface area contributed by atoms with Crippen LogP contribution < -0.4 is 5.69 Å². The van der Waals surface area contributed by atoms with E-state index in [2.05, 4.69) is 4.90 Å². The molecule has 0 atom stereocenters. The Kier molecular flexibility index (Phi) is 6.34. The molecule has 2 aliphatic rings. The van der Waals surface area contributed by atoms with Crippen molar-refractivity contribution in [3.8, 4) is 0 Å². The Bertz CT molecular complexity index is 1180. The van der Waals surface area contributed by atoms with Crippen LogP contribution in [-0.2, 0) is 14.8 Å². The van der Waals surface area contributed by atoms with Crippen molar-refractivity contribution in [2.75, 3.05) is 32.4 Å². The topological polar surface area (TPSA) is 93.8 Å². The van der Waals surface area contributed by atoms with Crippen LogP contribution in [-0.4, -0.2) is 76.9 Å². The highest BCUT2D eigenvalue weighted by Gasteiger charge is 2.33. The van der Waals surface area contributed by atoms with Crippen LogP contribution in [0.5, 0.6) is 0 Å². The van der Waals surface area contributed by atoms with Gasteiger partial charge >= 0.3 is 11.8 Å². The molecule has 182 valence electrons. The summed E-state index contributed by atoms with van der Waals surface area (Å²) < 4.78 is 32.6. The van der Waals surface area contributed by atoms with E-state index in [1.807, 2.05) is 32.9 Å². The molecular weight excluding hydrogens is 444 g/mol. The van der Waals surface area contributed by atoms with Crippen molar-refractivity contribution in [1.82, 2.24) is 18.3 Å². The van der Waals surface area contributed by atoms with Crippen LogP contribution in [0.1, 0.15) is 52.5 Å². The summed E-state index contributed by atoms with van der Waals surface area (Å²) in [5, 5.41) is 0.